The molecule has 1 N–H and O–H groups in total. The molecule has 98 valence electrons. The Morgan fingerprint density at radius 3 is 2.71 bits per heavy atom. The van der Waals surface area contributed by atoms with E-state index in [1.54, 1.807) is 0 Å². The summed E-state index contributed by atoms with van der Waals surface area (Å²) < 4.78 is 0. The van der Waals surface area contributed by atoms with Crippen molar-refractivity contribution in [1.29, 1.82) is 0 Å². The van der Waals surface area contributed by atoms with Gasteiger partial charge < -0.3 is 5.32 Å². The van der Waals surface area contributed by atoms with Crippen molar-refractivity contribution in [2.45, 2.75) is 65.0 Å². The Morgan fingerprint density at radius 1 is 1.35 bits per heavy atom. The summed E-state index contributed by atoms with van der Waals surface area (Å²) in [6.07, 6.45) is 6.72. The van der Waals surface area contributed by atoms with E-state index in [4.69, 9.17) is 4.99 Å². The molecule has 1 heterocycles. The lowest BCUT2D eigenvalue weighted by atomic mass is 10.1. The molecule has 2 rings (SSSR count). The van der Waals surface area contributed by atoms with Gasteiger partial charge in [-0.1, -0.05) is 45.4 Å². The summed E-state index contributed by atoms with van der Waals surface area (Å²) >= 11 is 1.92. The summed E-state index contributed by atoms with van der Waals surface area (Å²) in [5.74, 6) is 2.95. The Kier molecular flexibility index (Phi) is 4.78. The monoisotopic (exact) mass is 254 g/mol. The van der Waals surface area contributed by atoms with E-state index in [2.05, 4.69) is 26.1 Å². The minimum absolute atomic E-state index is 0.556. The van der Waals surface area contributed by atoms with Crippen molar-refractivity contribution in [1.82, 2.24) is 5.32 Å². The fourth-order valence-corrected chi connectivity index (χ4v) is 3.45. The number of rotatable bonds is 6. The van der Waals surface area contributed by atoms with Crippen LogP contribution in [0.2, 0.25) is 0 Å². The molecule has 0 amide bonds. The van der Waals surface area contributed by atoms with Crippen molar-refractivity contribution < 1.29 is 0 Å². The van der Waals surface area contributed by atoms with Gasteiger partial charge in [0.25, 0.3) is 0 Å². The Morgan fingerprint density at radius 2 is 2.12 bits per heavy atom. The molecule has 0 radical (unpaired) electrons. The van der Waals surface area contributed by atoms with Crippen LogP contribution in [0, 0.1) is 11.8 Å². The van der Waals surface area contributed by atoms with Crippen LogP contribution in [0.15, 0.2) is 4.99 Å². The third kappa shape index (κ3) is 4.53. The minimum Gasteiger partial charge on any atom is -0.362 e. The topological polar surface area (TPSA) is 24.4 Å². The molecule has 0 spiro atoms. The van der Waals surface area contributed by atoms with E-state index >= 15 is 0 Å². The molecule has 1 saturated carbocycles. The van der Waals surface area contributed by atoms with Crippen LogP contribution in [-0.4, -0.2) is 23.0 Å². The van der Waals surface area contributed by atoms with Gasteiger partial charge in [0.15, 0.2) is 5.17 Å². The molecule has 2 unspecified atom stereocenters. The highest BCUT2D eigenvalue weighted by atomic mass is 32.2. The van der Waals surface area contributed by atoms with Crippen LogP contribution >= 0.6 is 11.8 Å². The van der Waals surface area contributed by atoms with Crippen molar-refractivity contribution >= 4 is 16.9 Å². The van der Waals surface area contributed by atoms with Crippen molar-refractivity contribution in [2.75, 3.05) is 5.75 Å². The second kappa shape index (κ2) is 6.12. The van der Waals surface area contributed by atoms with Gasteiger partial charge in [0.1, 0.15) is 0 Å². The molecule has 0 saturated heterocycles. The Hall–Kier alpha value is -0.180. The Labute approximate surface area is 110 Å². The zero-order chi connectivity index (χ0) is 12.3. The number of amidine groups is 1. The van der Waals surface area contributed by atoms with Crippen LogP contribution in [0.25, 0.3) is 0 Å². The van der Waals surface area contributed by atoms with E-state index < -0.39 is 0 Å². The second-order valence-electron chi connectivity index (χ2n) is 5.96. The van der Waals surface area contributed by atoms with Crippen molar-refractivity contribution in [2.24, 2.45) is 16.8 Å². The lowest BCUT2D eigenvalue weighted by Gasteiger charge is -2.17. The average Bonchev–Trinajstić information content (AvgIpc) is 2.98. The minimum atomic E-state index is 0.556. The van der Waals surface area contributed by atoms with Gasteiger partial charge >= 0.3 is 0 Å². The highest BCUT2D eigenvalue weighted by molar-refractivity contribution is 8.14. The van der Waals surface area contributed by atoms with E-state index in [0.29, 0.717) is 12.1 Å². The average molecular weight is 254 g/mol. The van der Waals surface area contributed by atoms with Crippen LogP contribution in [0.3, 0.4) is 0 Å². The highest BCUT2D eigenvalue weighted by Crippen LogP contribution is 2.34. The Bertz CT molecular complexity index is 271. The zero-order valence-corrected chi connectivity index (χ0v) is 12.2. The van der Waals surface area contributed by atoms with Crippen molar-refractivity contribution in [3.8, 4) is 0 Å². The van der Waals surface area contributed by atoms with Gasteiger partial charge in [0.2, 0.25) is 0 Å². The summed E-state index contributed by atoms with van der Waals surface area (Å²) in [5, 5.41) is 4.86. The summed E-state index contributed by atoms with van der Waals surface area (Å²) in [5.41, 5.74) is 0. The number of aliphatic imine (C=N–C) groups is 1. The standard InChI is InChI=1S/C14H26N2S/c1-4-12(8-11-5-6-11)15-14-16-13(9-17-14)7-10(2)3/h10-13H,4-9H2,1-3H3,(H,15,16). The molecule has 1 aliphatic carbocycles. The molecule has 1 fully saturated rings. The molecule has 0 aromatic carbocycles. The van der Waals surface area contributed by atoms with Crippen LogP contribution < -0.4 is 5.32 Å². The molecular formula is C14H26N2S. The first-order valence-electron chi connectivity index (χ1n) is 7.14. The SMILES string of the molecule is CCC(CC1CC1)NC1=NC(CC(C)C)CS1. The Balaban J connectivity index is 1.77. The number of nitrogens with zero attached hydrogens (tertiary/aromatic N) is 1. The van der Waals surface area contributed by atoms with E-state index in [0.717, 1.165) is 11.8 Å². The lowest BCUT2D eigenvalue weighted by molar-refractivity contribution is 0.507. The second-order valence-corrected chi connectivity index (χ2v) is 6.97. The first-order chi connectivity index (χ1) is 8.17. The van der Waals surface area contributed by atoms with Gasteiger partial charge in [-0.15, -0.1) is 0 Å². The molecule has 3 heteroatoms. The third-order valence-corrected chi connectivity index (χ3v) is 4.64. The number of nitrogens with one attached hydrogen (secondary N) is 1. The first kappa shape index (κ1) is 13.3. The summed E-state index contributed by atoms with van der Waals surface area (Å²) in [6.45, 7) is 6.85. The highest BCUT2D eigenvalue weighted by Gasteiger charge is 2.26. The van der Waals surface area contributed by atoms with E-state index in [9.17, 15) is 0 Å². The molecule has 2 nitrogen and oxygen atoms in total. The van der Waals surface area contributed by atoms with E-state index in [-0.39, 0.29) is 0 Å². The number of hydrogen-bond acceptors (Lipinski definition) is 3. The normalized spacial score (nSPS) is 26.1. The maximum Gasteiger partial charge on any atom is 0.157 e. The molecule has 0 bridgehead atoms. The molecule has 2 atom stereocenters. The predicted octanol–water partition coefficient (Wildman–Crippen LogP) is 3.67. The zero-order valence-electron chi connectivity index (χ0n) is 11.4. The van der Waals surface area contributed by atoms with E-state index in [1.165, 1.54) is 43.0 Å². The molecule has 2 aliphatic rings. The smallest absolute Gasteiger partial charge is 0.157 e. The van der Waals surface area contributed by atoms with Crippen LogP contribution in [0.5, 0.6) is 0 Å². The van der Waals surface area contributed by atoms with Gasteiger partial charge in [0.05, 0.1) is 6.04 Å². The first-order valence-corrected chi connectivity index (χ1v) is 8.13. The summed E-state index contributed by atoms with van der Waals surface area (Å²) in [4.78, 5) is 4.81. The molecule has 0 aromatic rings. The van der Waals surface area contributed by atoms with Crippen molar-refractivity contribution in [3.63, 3.8) is 0 Å². The van der Waals surface area contributed by atoms with Crippen LogP contribution in [-0.2, 0) is 0 Å². The maximum absolute atomic E-state index is 4.81. The summed E-state index contributed by atoms with van der Waals surface area (Å²) in [6, 6.07) is 1.22. The number of hydrogen-bond donors (Lipinski definition) is 1. The van der Waals surface area contributed by atoms with E-state index in [1.807, 2.05) is 11.8 Å². The van der Waals surface area contributed by atoms with Gasteiger partial charge in [-0.25, -0.2) is 0 Å². The molecule has 0 aromatic heterocycles. The van der Waals surface area contributed by atoms with Crippen molar-refractivity contribution in [3.05, 3.63) is 0 Å². The fourth-order valence-electron chi connectivity index (χ4n) is 2.42. The molecule has 1 aliphatic heterocycles. The largest absolute Gasteiger partial charge is 0.362 e. The van der Waals surface area contributed by atoms with Gasteiger partial charge in [-0.05, 0) is 31.1 Å². The molecular weight excluding hydrogens is 228 g/mol. The summed E-state index contributed by atoms with van der Waals surface area (Å²) in [7, 11) is 0. The van der Waals surface area contributed by atoms with Crippen LogP contribution in [0.1, 0.15) is 52.9 Å². The van der Waals surface area contributed by atoms with Gasteiger partial charge in [-0.3, -0.25) is 4.99 Å². The van der Waals surface area contributed by atoms with Gasteiger partial charge in [0, 0.05) is 11.8 Å². The molecule has 17 heavy (non-hydrogen) atoms. The predicted molar refractivity (Wildman–Crippen MR) is 77.7 cm³/mol. The van der Waals surface area contributed by atoms with Gasteiger partial charge in [-0.2, -0.15) is 0 Å². The van der Waals surface area contributed by atoms with Crippen LogP contribution in [0.4, 0.5) is 0 Å². The lowest BCUT2D eigenvalue weighted by Crippen LogP contribution is -2.32. The quantitative estimate of drug-likeness (QED) is 0.782. The maximum atomic E-state index is 4.81. The number of thioether (sulfide) groups is 1. The third-order valence-electron chi connectivity index (χ3n) is 3.59. The fraction of sp³-hybridized carbons (Fsp3) is 0.929.